The van der Waals surface area contributed by atoms with Gasteiger partial charge in [-0.2, -0.15) is 132 Å². The van der Waals surface area contributed by atoms with Crippen LogP contribution in [-0.2, 0) is 49.4 Å². The number of pyridine rings is 1. The Kier molecular flexibility index (Phi) is 15.1. The smallest absolute Gasteiger partial charge is 0.231 e. The van der Waals surface area contributed by atoms with Crippen molar-refractivity contribution in [1.82, 2.24) is 0 Å². The molecule has 0 bridgehead atoms. The monoisotopic (exact) mass is 1110 g/mol. The lowest BCUT2D eigenvalue weighted by Gasteiger charge is -2.46. The maximum Gasteiger partial charge on any atom is 0.416 e. The summed E-state index contributed by atoms with van der Waals surface area (Å²) in [6.45, 7) is 0. The Morgan fingerprint density at radius 2 is 0.605 bits per heavy atom. The number of benzene rings is 6. The molecule has 0 aliphatic carbocycles. The van der Waals surface area contributed by atoms with Gasteiger partial charge in [0.05, 0.1) is 61.5 Å². The third kappa shape index (κ3) is 12.7. The van der Waals surface area contributed by atoms with E-state index in [1.807, 2.05) is 42.6 Å². The van der Waals surface area contributed by atoms with E-state index in [0.717, 1.165) is 10.9 Å². The zero-order valence-corrected chi connectivity index (χ0v) is 36.7. The molecule has 0 aliphatic heterocycles. The van der Waals surface area contributed by atoms with Crippen LogP contribution in [-0.4, -0.2) is 6.15 Å². The van der Waals surface area contributed by atoms with Gasteiger partial charge in [0, 0.05) is 16.9 Å². The number of fused-ring (bicyclic) bond motifs is 1. The summed E-state index contributed by atoms with van der Waals surface area (Å²) in [5, 5.41) is 9.87. The van der Waals surface area contributed by atoms with Crippen LogP contribution in [0.2, 0.25) is 0 Å². The van der Waals surface area contributed by atoms with Crippen LogP contribution in [0, 0.1) is 11.3 Å². The average Bonchev–Trinajstić information content (AvgIpc) is 3.30. The lowest BCUT2D eigenvalue weighted by Crippen LogP contribution is -2.75. The van der Waals surface area contributed by atoms with Crippen molar-refractivity contribution in [2.24, 2.45) is 0 Å². The van der Waals surface area contributed by atoms with Gasteiger partial charge in [-0.15, -0.1) is 0 Å². The van der Waals surface area contributed by atoms with Crippen LogP contribution >= 0.6 is 0 Å². The normalized spacial score (nSPS) is 13.2. The van der Waals surface area contributed by atoms with Crippen molar-refractivity contribution in [3.63, 3.8) is 0 Å². The van der Waals surface area contributed by atoms with Gasteiger partial charge in [-0.3, -0.25) is 0 Å². The molecule has 0 aliphatic rings. The number of hydrogen-bond acceptors (Lipinski definition) is 2. The molecule has 0 saturated carbocycles. The fourth-order valence-electron chi connectivity index (χ4n) is 7.99. The summed E-state index contributed by atoms with van der Waals surface area (Å²) in [6, 6.07) is 12.3. The highest BCUT2D eigenvalue weighted by molar-refractivity contribution is 7.20. The fraction of sp³-hybridized carbons (Fsp3) is 0.167. The first-order chi connectivity index (χ1) is 34.6. The molecular weight excluding hydrogens is 1090 g/mol. The van der Waals surface area contributed by atoms with Crippen molar-refractivity contribution in [3.8, 4) is 11.8 Å². The van der Waals surface area contributed by atoms with Crippen LogP contribution in [0.15, 0.2) is 140 Å². The first kappa shape index (κ1) is 57.7. The largest absolute Gasteiger partial charge is 0.416 e. The summed E-state index contributed by atoms with van der Waals surface area (Å²) < 4.78 is 343. The van der Waals surface area contributed by atoms with E-state index in [1.165, 1.54) is 0 Å². The van der Waals surface area contributed by atoms with E-state index in [4.69, 9.17) is 10.1 Å². The second-order valence-electron chi connectivity index (χ2n) is 16.3. The van der Waals surface area contributed by atoms with Crippen molar-refractivity contribution in [2.75, 3.05) is 0 Å². The molecule has 0 fully saturated rings. The van der Waals surface area contributed by atoms with Crippen LogP contribution in [0.25, 0.3) is 10.9 Å². The molecule has 402 valence electrons. The number of nitriles is 1. The molecule has 6 aromatic carbocycles. The molecule has 1 heterocycles. The molecule has 7 aromatic rings. The van der Waals surface area contributed by atoms with Crippen molar-refractivity contribution in [2.45, 2.75) is 49.4 Å². The summed E-state index contributed by atoms with van der Waals surface area (Å²) in [4.78, 5) is 5.80. The third-order valence-electron chi connectivity index (χ3n) is 11.3. The molecule has 0 N–H and O–H groups in total. The molecule has 28 heteroatoms. The van der Waals surface area contributed by atoms with Gasteiger partial charge in [-0.25, -0.2) is 4.84 Å². The number of halogens is 24. The van der Waals surface area contributed by atoms with Crippen molar-refractivity contribution in [1.29, 1.82) is 5.26 Å². The summed E-state index contributed by atoms with van der Waals surface area (Å²) in [6.07, 6.45) is -52.9. The van der Waals surface area contributed by atoms with E-state index in [0.29, 0.717) is 11.3 Å². The molecular formula is C48H23BF24N2O. The number of alkyl halides is 24. The maximum absolute atomic E-state index is 14.2. The Labute approximate surface area is 409 Å². The molecule has 3 nitrogen and oxygen atoms in total. The molecule has 0 saturated heterocycles. The first-order valence-electron chi connectivity index (χ1n) is 20.6. The van der Waals surface area contributed by atoms with E-state index >= 15 is 0 Å². The molecule has 76 heavy (non-hydrogen) atoms. The van der Waals surface area contributed by atoms with E-state index < -0.39 is 195 Å². The lowest BCUT2D eigenvalue weighted by atomic mass is 9.12. The highest BCUT2D eigenvalue weighted by Gasteiger charge is 2.47. The van der Waals surface area contributed by atoms with Gasteiger partial charge in [-0.05, 0) is 60.7 Å². The minimum absolute atomic E-state index is 0.621. The number of nitrogens with zero attached hydrogens (tertiary/aromatic N) is 2. The van der Waals surface area contributed by atoms with Crippen LogP contribution in [0.4, 0.5) is 105 Å². The van der Waals surface area contributed by atoms with E-state index in [9.17, 15) is 105 Å². The maximum atomic E-state index is 14.2. The zero-order chi connectivity index (χ0) is 57.0. The van der Waals surface area contributed by atoms with Gasteiger partial charge >= 0.3 is 49.4 Å². The quantitative estimate of drug-likeness (QED) is 0.0945. The van der Waals surface area contributed by atoms with Crippen LogP contribution in [0.3, 0.4) is 0 Å². The van der Waals surface area contributed by atoms with Gasteiger partial charge in [0.1, 0.15) is 6.15 Å². The van der Waals surface area contributed by atoms with Crippen LogP contribution in [0.1, 0.15) is 50.1 Å². The number of aromatic nitrogens is 1. The van der Waals surface area contributed by atoms with Crippen molar-refractivity contribution >= 4 is 38.9 Å². The third-order valence-corrected chi connectivity index (χ3v) is 11.3. The minimum atomic E-state index is -6.13. The highest BCUT2D eigenvalue weighted by Crippen LogP contribution is 2.41. The summed E-state index contributed by atoms with van der Waals surface area (Å²) in [7, 11) is 0. The Morgan fingerprint density at radius 3 is 0.868 bits per heavy atom. The number of hydrogen-bond donors (Lipinski definition) is 0. The number of rotatable bonds is 6. The van der Waals surface area contributed by atoms with Gasteiger partial charge in [-0.1, -0.05) is 60.7 Å². The summed E-state index contributed by atoms with van der Waals surface area (Å²) in [5.41, 5.74) is -28.6. The predicted molar refractivity (Wildman–Crippen MR) is 221 cm³/mol. The molecule has 0 spiro atoms. The predicted octanol–water partition coefficient (Wildman–Crippen LogP) is 14.1. The second kappa shape index (κ2) is 19.8. The first-order valence-corrected chi connectivity index (χ1v) is 20.6. The molecule has 0 radical (unpaired) electrons. The lowest BCUT2D eigenvalue weighted by molar-refractivity contribution is -0.854. The Bertz CT molecular complexity index is 2860. The van der Waals surface area contributed by atoms with E-state index in [2.05, 4.69) is 6.07 Å². The fourth-order valence-corrected chi connectivity index (χ4v) is 7.99. The summed E-state index contributed by atoms with van der Waals surface area (Å²) >= 11 is 0. The number of para-hydroxylation sites is 1. The van der Waals surface area contributed by atoms with Gasteiger partial charge in [0.25, 0.3) is 5.52 Å². The van der Waals surface area contributed by atoms with E-state index in [1.54, 1.807) is 29.0 Å². The zero-order valence-electron chi connectivity index (χ0n) is 36.7. The second-order valence-corrected chi connectivity index (χ2v) is 16.3. The Morgan fingerprint density at radius 1 is 0.342 bits per heavy atom. The molecule has 0 unspecified atom stereocenters. The molecule has 7 rings (SSSR count). The SMILES string of the molecule is FC(F)(F)c1cc([B-](c2cc(C(F)(F)F)cc(C(F)(F)F)c2)(c2cc(C(F)(F)F)cc(C(F)(F)F)c2)c2cc(C(F)(F)F)cc(C(F)(F)F)c2)cc(C(F)(F)F)c1.N#Cc1ccc(O[n+]2cccc3ccccc32)cc1. The Balaban J connectivity index is 0.000000408. The standard InChI is InChI=1S/C32H12BF24.C16H11N2O/c34-25(35,36)13-1-14(26(37,38)39)6-21(5-13)33(22-7-15(27(40,41)42)2-16(8-22)28(43,44)45,23-9-17(29(46,47)48)3-18(10-23)30(49,50)51)24-11-19(31(52,53)54)4-20(12-24)32(55,56)57;17-12-13-7-9-15(10-8-13)19-18-11-3-5-14-4-1-2-6-16(14)18/h1-12H;1-11H/q-1;+1. The molecule has 0 amide bonds. The topological polar surface area (TPSA) is 36.9 Å². The van der Waals surface area contributed by atoms with Gasteiger partial charge < -0.3 is 0 Å². The summed E-state index contributed by atoms with van der Waals surface area (Å²) in [5.74, 6) is 0.695. The average molecular weight is 1110 g/mol. The Hall–Kier alpha value is -7.60. The van der Waals surface area contributed by atoms with Crippen LogP contribution in [0.5, 0.6) is 5.75 Å². The molecule has 1 aromatic heterocycles. The van der Waals surface area contributed by atoms with Crippen molar-refractivity contribution < 1.29 is 115 Å². The van der Waals surface area contributed by atoms with Crippen molar-refractivity contribution in [3.05, 3.63) is 190 Å². The molecule has 0 atom stereocenters. The minimum Gasteiger partial charge on any atom is -0.231 e. The highest BCUT2D eigenvalue weighted by atomic mass is 19.4. The van der Waals surface area contributed by atoms with Gasteiger partial charge in [0.15, 0.2) is 0 Å². The van der Waals surface area contributed by atoms with Gasteiger partial charge in [0.2, 0.25) is 11.9 Å². The van der Waals surface area contributed by atoms with E-state index in [-0.39, 0.29) is 0 Å². The van der Waals surface area contributed by atoms with Crippen LogP contribution < -0.4 is 31.4 Å².